The van der Waals surface area contributed by atoms with Crippen molar-refractivity contribution >= 4 is 11.6 Å². The first kappa shape index (κ1) is 45.1. The molecule has 0 saturated heterocycles. The molecule has 0 spiro atoms. The third-order valence-electron chi connectivity index (χ3n) is 7.81. The Balaban J connectivity index is 3.98. The number of carbonyl (C=O) groups is 2. The van der Waals surface area contributed by atoms with Crippen LogP contribution in [0.15, 0.2) is 97.2 Å². The first-order valence-electron chi connectivity index (χ1n) is 18.7. The van der Waals surface area contributed by atoms with Crippen molar-refractivity contribution in [2.75, 3.05) is 0 Å². The fourth-order valence-electron chi connectivity index (χ4n) is 4.76. The van der Waals surface area contributed by atoms with Crippen LogP contribution in [0.3, 0.4) is 0 Å². The smallest absolute Gasteiger partial charge is 0.164 e. The third kappa shape index (κ3) is 29.3. The lowest BCUT2D eigenvalue weighted by Gasteiger charge is -2.21. The van der Waals surface area contributed by atoms with Crippen molar-refractivity contribution in [3.63, 3.8) is 0 Å². The van der Waals surface area contributed by atoms with Gasteiger partial charge < -0.3 is 15.3 Å². The summed E-state index contributed by atoms with van der Waals surface area (Å²) in [6.45, 7) is 4.44. The molecule has 270 valence electrons. The highest BCUT2D eigenvalue weighted by molar-refractivity contribution is 5.87. The van der Waals surface area contributed by atoms with Gasteiger partial charge in [0.15, 0.2) is 11.6 Å². The fourth-order valence-corrected chi connectivity index (χ4v) is 4.76. The summed E-state index contributed by atoms with van der Waals surface area (Å²) < 4.78 is 0. The molecule has 0 radical (unpaired) electrons. The van der Waals surface area contributed by atoms with Crippen LogP contribution in [0, 0.1) is 0 Å². The molecule has 0 bridgehead atoms. The maximum atomic E-state index is 12.3. The zero-order valence-electron chi connectivity index (χ0n) is 30.3. The molecule has 0 fully saturated rings. The number of ketones is 2. The maximum absolute atomic E-state index is 12.3. The van der Waals surface area contributed by atoms with E-state index in [0.29, 0.717) is 25.7 Å². The molecule has 5 heteroatoms. The van der Waals surface area contributed by atoms with Crippen molar-refractivity contribution in [3.8, 4) is 0 Å². The summed E-state index contributed by atoms with van der Waals surface area (Å²) in [5.74, 6) is -1.13. The SMILES string of the molecule is CCCCC/C=C\C/C=C\C/C=C\C/C=C\CCCC(=O)C(O)C(O)C(O)C(=O)CCC/C=C\C/C=C\C/C=C\C/C=C\CCCCC. The molecule has 0 aromatic carbocycles. The van der Waals surface area contributed by atoms with Gasteiger partial charge in [-0.05, 0) is 89.9 Å². The van der Waals surface area contributed by atoms with Crippen molar-refractivity contribution in [1.29, 1.82) is 0 Å². The van der Waals surface area contributed by atoms with Gasteiger partial charge in [0.2, 0.25) is 0 Å². The van der Waals surface area contributed by atoms with Gasteiger partial charge in [-0.1, -0.05) is 137 Å². The fraction of sp³-hybridized carbons (Fsp3) is 0.581. The number of unbranched alkanes of at least 4 members (excludes halogenated alkanes) is 8. The van der Waals surface area contributed by atoms with Crippen LogP contribution in [0.4, 0.5) is 0 Å². The van der Waals surface area contributed by atoms with E-state index < -0.39 is 29.9 Å². The Labute approximate surface area is 293 Å². The molecule has 0 saturated carbocycles. The number of hydrogen-bond acceptors (Lipinski definition) is 5. The molecular formula is C43H68O5. The summed E-state index contributed by atoms with van der Waals surface area (Å²) in [4.78, 5) is 24.6. The lowest BCUT2D eigenvalue weighted by atomic mass is 9.96. The minimum Gasteiger partial charge on any atom is -0.387 e. The van der Waals surface area contributed by atoms with Crippen molar-refractivity contribution in [2.24, 2.45) is 0 Å². The van der Waals surface area contributed by atoms with E-state index >= 15 is 0 Å². The van der Waals surface area contributed by atoms with Gasteiger partial charge in [-0.2, -0.15) is 0 Å². The number of carbonyl (C=O) groups excluding carboxylic acids is 2. The molecule has 48 heavy (non-hydrogen) atoms. The van der Waals surface area contributed by atoms with E-state index in [1.54, 1.807) is 0 Å². The lowest BCUT2D eigenvalue weighted by molar-refractivity contribution is -0.146. The number of Topliss-reactive ketones (excluding diaryl/α,β-unsaturated/α-hetero) is 2. The van der Waals surface area contributed by atoms with Crippen LogP contribution in [0.2, 0.25) is 0 Å². The molecule has 0 amide bonds. The third-order valence-corrected chi connectivity index (χ3v) is 7.81. The van der Waals surface area contributed by atoms with E-state index in [1.165, 1.54) is 51.4 Å². The quantitative estimate of drug-likeness (QED) is 0.0491. The number of aliphatic hydroxyl groups excluding tert-OH is 3. The van der Waals surface area contributed by atoms with Crippen LogP contribution in [0.1, 0.15) is 142 Å². The van der Waals surface area contributed by atoms with Gasteiger partial charge in [0.05, 0.1) is 0 Å². The molecule has 0 rings (SSSR count). The van der Waals surface area contributed by atoms with Crippen molar-refractivity contribution < 1.29 is 24.9 Å². The molecule has 5 nitrogen and oxygen atoms in total. The largest absolute Gasteiger partial charge is 0.387 e. The van der Waals surface area contributed by atoms with E-state index in [4.69, 9.17) is 0 Å². The van der Waals surface area contributed by atoms with Gasteiger partial charge in [0, 0.05) is 12.8 Å². The van der Waals surface area contributed by atoms with Gasteiger partial charge in [0.25, 0.3) is 0 Å². The minimum atomic E-state index is -1.81. The Morgan fingerprint density at radius 3 is 0.917 bits per heavy atom. The highest BCUT2D eigenvalue weighted by Crippen LogP contribution is 2.11. The maximum Gasteiger partial charge on any atom is 0.164 e. The Morgan fingerprint density at radius 2 is 0.646 bits per heavy atom. The molecule has 2 atom stereocenters. The van der Waals surface area contributed by atoms with Crippen molar-refractivity contribution in [3.05, 3.63) is 97.2 Å². The van der Waals surface area contributed by atoms with Gasteiger partial charge in [-0.3, -0.25) is 9.59 Å². The lowest BCUT2D eigenvalue weighted by Crippen LogP contribution is -2.45. The average Bonchev–Trinajstić information content (AvgIpc) is 3.09. The van der Waals surface area contributed by atoms with E-state index in [2.05, 4.69) is 86.8 Å². The highest BCUT2D eigenvalue weighted by Gasteiger charge is 2.33. The topological polar surface area (TPSA) is 94.8 Å². The minimum absolute atomic E-state index is 0.0726. The second-order valence-corrected chi connectivity index (χ2v) is 12.3. The first-order chi connectivity index (χ1) is 23.5. The van der Waals surface area contributed by atoms with E-state index in [9.17, 15) is 24.9 Å². The van der Waals surface area contributed by atoms with Crippen LogP contribution in [0.25, 0.3) is 0 Å². The molecule has 2 unspecified atom stereocenters. The summed E-state index contributed by atoms with van der Waals surface area (Å²) >= 11 is 0. The van der Waals surface area contributed by atoms with Crippen LogP contribution in [-0.2, 0) is 9.59 Å². The number of aliphatic hydroxyl groups is 3. The average molecular weight is 665 g/mol. The molecule has 0 aliphatic heterocycles. The highest BCUT2D eigenvalue weighted by atomic mass is 16.4. The standard InChI is InChI=1S/C43H68O5/c1-3-5-7-9-11-13-15-17-19-21-23-25-27-29-31-33-35-37-39(44)41(46)43(48)42(47)40(45)38-36-34-32-30-28-26-24-22-20-18-16-14-12-10-8-6-4-2/h11-14,17-20,23-26,29-32,41-43,46-48H,3-10,15-16,21-22,27-28,33-38H2,1-2H3/b13-11-,14-12-,19-17-,20-18-,25-23-,26-24-,31-29-,32-30-. The zero-order valence-corrected chi connectivity index (χ0v) is 30.3. The van der Waals surface area contributed by atoms with E-state index in [1.807, 2.05) is 24.3 Å². The van der Waals surface area contributed by atoms with Crippen molar-refractivity contribution in [2.45, 2.75) is 161 Å². The molecule has 0 heterocycles. The van der Waals surface area contributed by atoms with Gasteiger partial charge in [-0.25, -0.2) is 0 Å². The Morgan fingerprint density at radius 1 is 0.396 bits per heavy atom. The zero-order chi connectivity index (χ0) is 35.3. The molecule has 3 N–H and O–H groups in total. The Kier molecular flexibility index (Phi) is 33.3. The number of hydrogen-bond donors (Lipinski definition) is 3. The second-order valence-electron chi connectivity index (χ2n) is 12.3. The van der Waals surface area contributed by atoms with Crippen LogP contribution in [-0.4, -0.2) is 45.2 Å². The normalized spacial score (nSPS) is 14.9. The Hall–Kier alpha value is -2.86. The molecular weight excluding hydrogens is 596 g/mol. The summed E-state index contributed by atoms with van der Waals surface area (Å²) in [5, 5.41) is 30.6. The van der Waals surface area contributed by atoms with E-state index in [-0.39, 0.29) is 12.8 Å². The van der Waals surface area contributed by atoms with Crippen LogP contribution < -0.4 is 0 Å². The number of allylic oxidation sites excluding steroid dienone is 16. The molecule has 0 aliphatic carbocycles. The van der Waals surface area contributed by atoms with Crippen LogP contribution in [0.5, 0.6) is 0 Å². The number of rotatable bonds is 32. The summed E-state index contributed by atoms with van der Waals surface area (Å²) in [7, 11) is 0. The monoisotopic (exact) mass is 665 g/mol. The van der Waals surface area contributed by atoms with Gasteiger partial charge >= 0.3 is 0 Å². The van der Waals surface area contributed by atoms with Crippen molar-refractivity contribution in [1.82, 2.24) is 0 Å². The van der Waals surface area contributed by atoms with Gasteiger partial charge in [-0.15, -0.1) is 0 Å². The Bertz CT molecular complexity index is 930. The molecule has 0 aliphatic rings. The summed E-state index contributed by atoms with van der Waals surface area (Å²) in [5.41, 5.74) is 0. The van der Waals surface area contributed by atoms with Crippen LogP contribution >= 0.6 is 0 Å². The van der Waals surface area contributed by atoms with E-state index in [0.717, 1.165) is 38.5 Å². The summed E-state index contributed by atoms with van der Waals surface area (Å²) in [6, 6.07) is 0. The predicted molar refractivity (Wildman–Crippen MR) is 205 cm³/mol. The second kappa shape index (κ2) is 35.4. The molecule has 0 aromatic rings. The van der Waals surface area contributed by atoms with Gasteiger partial charge in [0.1, 0.15) is 18.3 Å². The first-order valence-corrected chi connectivity index (χ1v) is 18.7. The summed E-state index contributed by atoms with van der Waals surface area (Å²) in [6.07, 6.45) is 46.8. The molecule has 0 aromatic heterocycles. The predicted octanol–water partition coefficient (Wildman–Crippen LogP) is 10.5.